The van der Waals surface area contributed by atoms with Crippen LogP contribution in [0.4, 0.5) is 0 Å². The lowest BCUT2D eigenvalue weighted by Gasteiger charge is -2.10. The van der Waals surface area contributed by atoms with E-state index in [2.05, 4.69) is 48.9 Å². The number of benzene rings is 2. The van der Waals surface area contributed by atoms with Crippen LogP contribution >= 0.6 is 0 Å². The van der Waals surface area contributed by atoms with E-state index in [-0.39, 0.29) is 0 Å². The molecule has 0 aliphatic carbocycles. The summed E-state index contributed by atoms with van der Waals surface area (Å²) in [7, 11) is 2.07. The van der Waals surface area contributed by atoms with E-state index in [0.29, 0.717) is 13.2 Å². The summed E-state index contributed by atoms with van der Waals surface area (Å²) < 4.78 is 8.13. The second-order valence-electron chi connectivity index (χ2n) is 5.31. The van der Waals surface area contributed by atoms with E-state index in [1.807, 2.05) is 18.2 Å². The molecule has 0 radical (unpaired) electrons. The molecule has 0 unspecified atom stereocenters. The van der Waals surface area contributed by atoms with E-state index >= 15 is 0 Å². The number of hydrogen-bond donors (Lipinski definition) is 1. The summed E-state index contributed by atoms with van der Waals surface area (Å²) in [6.07, 6.45) is 0. The normalized spacial score (nSPS) is 11.0. The molecule has 3 aromatic rings. The average molecular weight is 280 g/mol. The highest BCUT2D eigenvalue weighted by atomic mass is 16.5. The Balaban J connectivity index is 1.91. The predicted octanol–water partition coefficient (Wildman–Crippen LogP) is 3.52. The van der Waals surface area contributed by atoms with Crippen molar-refractivity contribution in [1.29, 1.82) is 0 Å². The number of para-hydroxylation sites is 2. The minimum atomic E-state index is 0.549. The highest BCUT2D eigenvalue weighted by Gasteiger charge is 2.09. The molecule has 0 bridgehead atoms. The number of fused-ring (bicyclic) bond motifs is 1. The molecular weight excluding hydrogens is 260 g/mol. The SMILES string of the molecule is Cc1ccccc1OCc1cc2cccc(CN)c2n1C. The zero-order valence-electron chi connectivity index (χ0n) is 12.5. The zero-order chi connectivity index (χ0) is 14.8. The maximum Gasteiger partial charge on any atom is 0.128 e. The van der Waals surface area contributed by atoms with Gasteiger partial charge >= 0.3 is 0 Å². The maximum atomic E-state index is 5.95. The third-order valence-corrected chi connectivity index (χ3v) is 3.93. The fourth-order valence-electron chi connectivity index (χ4n) is 2.73. The van der Waals surface area contributed by atoms with Gasteiger partial charge < -0.3 is 15.0 Å². The van der Waals surface area contributed by atoms with Gasteiger partial charge in [0.1, 0.15) is 12.4 Å². The Morgan fingerprint density at radius 3 is 2.67 bits per heavy atom. The first kappa shape index (κ1) is 13.7. The molecule has 2 aromatic carbocycles. The van der Waals surface area contributed by atoms with Gasteiger partial charge in [0.2, 0.25) is 0 Å². The molecule has 21 heavy (non-hydrogen) atoms. The number of ether oxygens (including phenoxy) is 1. The van der Waals surface area contributed by atoms with Crippen LogP contribution in [0.25, 0.3) is 10.9 Å². The number of aromatic nitrogens is 1. The van der Waals surface area contributed by atoms with Crippen molar-refractivity contribution in [2.45, 2.75) is 20.1 Å². The van der Waals surface area contributed by atoms with E-state index in [1.165, 1.54) is 10.9 Å². The fourth-order valence-corrected chi connectivity index (χ4v) is 2.73. The van der Waals surface area contributed by atoms with Crippen LogP contribution in [0.2, 0.25) is 0 Å². The summed E-state index contributed by atoms with van der Waals surface area (Å²) in [5.74, 6) is 0.932. The van der Waals surface area contributed by atoms with Crippen LogP contribution in [0.1, 0.15) is 16.8 Å². The first-order valence-corrected chi connectivity index (χ1v) is 7.15. The van der Waals surface area contributed by atoms with Gasteiger partial charge in [-0.05, 0) is 30.2 Å². The summed E-state index contributed by atoms with van der Waals surface area (Å²) in [4.78, 5) is 0. The lowest BCUT2D eigenvalue weighted by molar-refractivity contribution is 0.295. The summed E-state index contributed by atoms with van der Waals surface area (Å²) in [5.41, 5.74) is 10.5. The largest absolute Gasteiger partial charge is 0.487 e. The van der Waals surface area contributed by atoms with Crippen LogP contribution in [0, 0.1) is 6.92 Å². The van der Waals surface area contributed by atoms with Gasteiger partial charge in [0.15, 0.2) is 0 Å². The van der Waals surface area contributed by atoms with Gasteiger partial charge in [0, 0.05) is 19.0 Å². The predicted molar refractivity (Wildman–Crippen MR) is 86.3 cm³/mol. The molecule has 0 amide bonds. The molecule has 0 aliphatic heterocycles. The van der Waals surface area contributed by atoms with Gasteiger partial charge in [-0.15, -0.1) is 0 Å². The van der Waals surface area contributed by atoms with E-state index in [4.69, 9.17) is 10.5 Å². The van der Waals surface area contributed by atoms with Crippen molar-refractivity contribution in [3.8, 4) is 5.75 Å². The monoisotopic (exact) mass is 280 g/mol. The maximum absolute atomic E-state index is 5.95. The Labute approximate surface area is 125 Å². The molecule has 1 aromatic heterocycles. The number of rotatable bonds is 4. The lowest BCUT2D eigenvalue weighted by atomic mass is 10.1. The molecule has 3 nitrogen and oxygen atoms in total. The van der Waals surface area contributed by atoms with E-state index in [0.717, 1.165) is 22.6 Å². The fraction of sp³-hybridized carbons (Fsp3) is 0.222. The smallest absolute Gasteiger partial charge is 0.128 e. The Bertz CT molecular complexity index is 774. The van der Waals surface area contributed by atoms with E-state index < -0.39 is 0 Å². The highest BCUT2D eigenvalue weighted by Crippen LogP contribution is 2.24. The Hall–Kier alpha value is -2.26. The third kappa shape index (κ3) is 2.52. The van der Waals surface area contributed by atoms with Crippen LogP contribution in [-0.2, 0) is 20.2 Å². The molecule has 1 heterocycles. The van der Waals surface area contributed by atoms with E-state index in [1.54, 1.807) is 0 Å². The Morgan fingerprint density at radius 2 is 1.90 bits per heavy atom. The van der Waals surface area contributed by atoms with Gasteiger partial charge in [-0.25, -0.2) is 0 Å². The molecule has 0 fully saturated rings. The van der Waals surface area contributed by atoms with Crippen LogP contribution in [0.3, 0.4) is 0 Å². The van der Waals surface area contributed by atoms with E-state index in [9.17, 15) is 0 Å². The first-order valence-electron chi connectivity index (χ1n) is 7.15. The number of aryl methyl sites for hydroxylation is 2. The molecule has 3 rings (SSSR count). The van der Waals surface area contributed by atoms with Gasteiger partial charge in [-0.1, -0.05) is 36.4 Å². The number of nitrogens with zero attached hydrogens (tertiary/aromatic N) is 1. The second kappa shape index (κ2) is 5.62. The second-order valence-corrected chi connectivity index (χ2v) is 5.31. The van der Waals surface area contributed by atoms with Crippen molar-refractivity contribution in [2.24, 2.45) is 12.8 Å². The van der Waals surface area contributed by atoms with Crippen molar-refractivity contribution in [1.82, 2.24) is 4.57 Å². The van der Waals surface area contributed by atoms with Crippen LogP contribution in [0.15, 0.2) is 48.5 Å². The Kier molecular flexibility index (Phi) is 3.67. The number of hydrogen-bond acceptors (Lipinski definition) is 2. The van der Waals surface area contributed by atoms with Gasteiger partial charge in [0.05, 0.1) is 11.2 Å². The molecule has 0 spiro atoms. The summed E-state index contributed by atoms with van der Waals surface area (Å²) in [6, 6.07) is 16.5. The average Bonchev–Trinajstić information content (AvgIpc) is 2.83. The van der Waals surface area contributed by atoms with Crippen molar-refractivity contribution in [3.05, 3.63) is 65.4 Å². The van der Waals surface area contributed by atoms with Crippen molar-refractivity contribution < 1.29 is 4.74 Å². The minimum absolute atomic E-state index is 0.549. The van der Waals surface area contributed by atoms with Crippen molar-refractivity contribution in [3.63, 3.8) is 0 Å². The van der Waals surface area contributed by atoms with Crippen molar-refractivity contribution in [2.75, 3.05) is 0 Å². The Morgan fingerprint density at radius 1 is 1.10 bits per heavy atom. The van der Waals surface area contributed by atoms with Crippen LogP contribution < -0.4 is 10.5 Å². The molecule has 0 saturated carbocycles. The minimum Gasteiger partial charge on any atom is -0.487 e. The highest BCUT2D eigenvalue weighted by molar-refractivity contribution is 5.84. The van der Waals surface area contributed by atoms with Crippen LogP contribution in [0.5, 0.6) is 5.75 Å². The number of nitrogens with two attached hydrogens (primary N) is 1. The summed E-state index contributed by atoms with van der Waals surface area (Å²) >= 11 is 0. The standard InChI is InChI=1S/C18H20N2O/c1-13-6-3-4-9-17(13)21-12-16-10-14-7-5-8-15(11-19)18(14)20(16)2/h3-10H,11-12,19H2,1-2H3. The quantitative estimate of drug-likeness (QED) is 0.794. The molecule has 2 N–H and O–H groups in total. The zero-order valence-corrected chi connectivity index (χ0v) is 12.5. The molecule has 0 atom stereocenters. The summed E-state index contributed by atoms with van der Waals surface area (Å²) in [5, 5.41) is 1.21. The first-order chi connectivity index (χ1) is 10.2. The summed E-state index contributed by atoms with van der Waals surface area (Å²) in [6.45, 7) is 3.16. The molecule has 3 heteroatoms. The molecule has 0 saturated heterocycles. The third-order valence-electron chi connectivity index (χ3n) is 3.93. The van der Waals surface area contributed by atoms with Gasteiger partial charge in [-0.3, -0.25) is 0 Å². The molecular formula is C18H20N2O. The molecule has 0 aliphatic rings. The topological polar surface area (TPSA) is 40.2 Å². The van der Waals surface area contributed by atoms with Gasteiger partial charge in [0.25, 0.3) is 0 Å². The van der Waals surface area contributed by atoms with Gasteiger partial charge in [-0.2, -0.15) is 0 Å². The van der Waals surface area contributed by atoms with Crippen LogP contribution in [-0.4, -0.2) is 4.57 Å². The molecule has 108 valence electrons. The van der Waals surface area contributed by atoms with Crippen molar-refractivity contribution >= 4 is 10.9 Å². The lowest BCUT2D eigenvalue weighted by Crippen LogP contribution is -2.04.